The summed E-state index contributed by atoms with van der Waals surface area (Å²) in [4.78, 5) is 1.63. The molecule has 1 unspecified atom stereocenters. The zero-order valence-corrected chi connectivity index (χ0v) is 14.8. The number of nitrogens with one attached hydrogen (secondary N) is 1. The van der Waals surface area contributed by atoms with Crippen LogP contribution in [-0.2, 0) is 6.42 Å². The number of aliphatic hydroxyl groups is 1. The van der Waals surface area contributed by atoms with Crippen LogP contribution in [0, 0.1) is 11.8 Å². The Labute approximate surface area is 139 Å². The van der Waals surface area contributed by atoms with Gasteiger partial charge in [0.1, 0.15) is 6.04 Å². The number of ether oxygens (including phenoxy) is 2. The van der Waals surface area contributed by atoms with Crippen molar-refractivity contribution < 1.29 is 19.5 Å². The van der Waals surface area contributed by atoms with Crippen LogP contribution in [0.3, 0.4) is 0 Å². The molecular formula is C19H30NO3+. The molecule has 0 aliphatic carbocycles. The number of methoxy groups -OCH3 is 2. The Balaban J connectivity index is 1.87. The summed E-state index contributed by atoms with van der Waals surface area (Å²) >= 11 is 0. The molecule has 0 saturated carbocycles. The molecule has 1 aromatic carbocycles. The van der Waals surface area contributed by atoms with Crippen molar-refractivity contribution in [2.45, 2.75) is 45.3 Å². The summed E-state index contributed by atoms with van der Waals surface area (Å²) in [5.74, 6) is 2.69. The number of hydrogen-bond donors (Lipinski definition) is 2. The molecule has 1 aromatic rings. The van der Waals surface area contributed by atoms with Gasteiger partial charge in [-0.2, -0.15) is 0 Å². The molecule has 2 aliphatic heterocycles. The first-order valence-corrected chi connectivity index (χ1v) is 8.80. The zero-order chi connectivity index (χ0) is 16.6. The summed E-state index contributed by atoms with van der Waals surface area (Å²) in [6.07, 6.45) is 2.86. The lowest BCUT2D eigenvalue weighted by atomic mass is 9.79. The predicted octanol–water partition coefficient (Wildman–Crippen LogP) is 1.61. The van der Waals surface area contributed by atoms with Gasteiger partial charge in [0.15, 0.2) is 11.5 Å². The summed E-state index contributed by atoms with van der Waals surface area (Å²) in [7, 11) is 3.37. The van der Waals surface area contributed by atoms with E-state index in [-0.39, 0.29) is 6.10 Å². The minimum atomic E-state index is -0.190. The number of hydrogen-bond acceptors (Lipinski definition) is 3. The Hall–Kier alpha value is -1.26. The van der Waals surface area contributed by atoms with Crippen molar-refractivity contribution in [3.63, 3.8) is 0 Å². The molecule has 0 aromatic heterocycles. The summed E-state index contributed by atoms with van der Waals surface area (Å²) in [5.41, 5.74) is 2.69. The summed E-state index contributed by atoms with van der Waals surface area (Å²) in [6, 6.07) is 4.64. The van der Waals surface area contributed by atoms with Crippen molar-refractivity contribution in [1.29, 1.82) is 0 Å². The molecule has 0 bridgehead atoms. The van der Waals surface area contributed by atoms with Crippen molar-refractivity contribution in [3.05, 3.63) is 23.3 Å². The van der Waals surface area contributed by atoms with Crippen molar-refractivity contribution in [2.75, 3.05) is 27.3 Å². The van der Waals surface area contributed by atoms with E-state index in [1.54, 1.807) is 19.1 Å². The molecular weight excluding hydrogens is 290 g/mol. The zero-order valence-electron chi connectivity index (χ0n) is 14.8. The van der Waals surface area contributed by atoms with Crippen molar-refractivity contribution in [2.24, 2.45) is 11.8 Å². The molecule has 4 atom stereocenters. The first-order valence-electron chi connectivity index (χ1n) is 8.80. The van der Waals surface area contributed by atoms with Gasteiger partial charge in [0.05, 0.1) is 33.4 Å². The molecule has 0 radical (unpaired) electrons. The number of benzene rings is 1. The van der Waals surface area contributed by atoms with Crippen LogP contribution in [0.5, 0.6) is 11.5 Å². The van der Waals surface area contributed by atoms with E-state index >= 15 is 0 Å². The minimum Gasteiger partial charge on any atom is -0.493 e. The Morgan fingerprint density at radius 3 is 2.57 bits per heavy atom. The first kappa shape index (κ1) is 16.6. The van der Waals surface area contributed by atoms with Crippen LogP contribution < -0.4 is 14.4 Å². The lowest BCUT2D eigenvalue weighted by Gasteiger charge is -2.43. The maximum absolute atomic E-state index is 10.6. The quantitative estimate of drug-likeness (QED) is 0.886. The Morgan fingerprint density at radius 2 is 1.91 bits per heavy atom. The van der Waals surface area contributed by atoms with Gasteiger partial charge in [-0.3, -0.25) is 0 Å². The summed E-state index contributed by atoms with van der Waals surface area (Å²) in [6.45, 7) is 6.72. The smallest absolute Gasteiger partial charge is 0.161 e. The molecule has 2 N–H and O–H groups in total. The SMILES string of the molecule is COc1cc2c(cc1OC)[C@H]1C[C@@H](O)[C@H](CC(C)C)C[NH+]1CC2. The van der Waals surface area contributed by atoms with E-state index in [2.05, 4.69) is 26.0 Å². The average Bonchev–Trinajstić information content (AvgIpc) is 2.53. The van der Waals surface area contributed by atoms with Gasteiger partial charge in [-0.05, 0) is 30.0 Å². The molecule has 2 aliphatic rings. The number of piperidine rings is 1. The van der Waals surface area contributed by atoms with E-state index in [1.165, 1.54) is 11.1 Å². The largest absolute Gasteiger partial charge is 0.493 e. The highest BCUT2D eigenvalue weighted by Gasteiger charge is 2.41. The fraction of sp³-hybridized carbons (Fsp3) is 0.684. The lowest BCUT2D eigenvalue weighted by Crippen LogP contribution is -3.15. The first-order chi connectivity index (χ1) is 11.0. The molecule has 0 amide bonds. The van der Waals surface area contributed by atoms with Gasteiger partial charge in [0.2, 0.25) is 0 Å². The third-order valence-corrected chi connectivity index (χ3v) is 5.55. The van der Waals surface area contributed by atoms with Crippen LogP contribution >= 0.6 is 0 Å². The Kier molecular flexibility index (Phi) is 4.83. The highest BCUT2D eigenvalue weighted by Crippen LogP contribution is 2.37. The third kappa shape index (κ3) is 3.20. The van der Waals surface area contributed by atoms with Gasteiger partial charge in [-0.15, -0.1) is 0 Å². The second-order valence-electron chi connectivity index (χ2n) is 7.51. The molecule has 3 rings (SSSR count). The fourth-order valence-corrected chi connectivity index (χ4v) is 4.46. The van der Waals surface area contributed by atoms with Crippen LogP contribution in [0.4, 0.5) is 0 Å². The van der Waals surface area contributed by atoms with Crippen LogP contribution in [0.25, 0.3) is 0 Å². The van der Waals surface area contributed by atoms with Crippen molar-refractivity contribution >= 4 is 0 Å². The van der Waals surface area contributed by atoms with Gasteiger partial charge in [0.25, 0.3) is 0 Å². The van der Waals surface area contributed by atoms with E-state index in [4.69, 9.17) is 9.47 Å². The molecule has 0 spiro atoms. The second-order valence-corrected chi connectivity index (χ2v) is 7.51. The monoisotopic (exact) mass is 320 g/mol. The molecule has 1 saturated heterocycles. The molecule has 23 heavy (non-hydrogen) atoms. The van der Waals surface area contributed by atoms with E-state index < -0.39 is 0 Å². The van der Waals surface area contributed by atoms with Crippen molar-refractivity contribution in [1.82, 2.24) is 0 Å². The molecule has 1 fully saturated rings. The van der Waals surface area contributed by atoms with Crippen LogP contribution in [-0.4, -0.2) is 38.5 Å². The van der Waals surface area contributed by atoms with E-state index in [0.29, 0.717) is 17.9 Å². The van der Waals surface area contributed by atoms with E-state index in [1.807, 2.05) is 0 Å². The standard InChI is InChI=1S/C19H29NO3/c1-12(2)7-14-11-20-6-5-13-8-18(22-3)19(23-4)9-15(13)16(20)10-17(14)21/h8-9,12,14,16-17,21H,5-7,10-11H2,1-4H3/p+1/t14-,16-,17-/m1/s1. The van der Waals surface area contributed by atoms with Crippen molar-refractivity contribution in [3.8, 4) is 11.5 Å². The number of fused-ring (bicyclic) bond motifs is 3. The lowest BCUT2D eigenvalue weighted by molar-refractivity contribution is -0.944. The van der Waals surface area contributed by atoms with Crippen LogP contribution in [0.1, 0.15) is 43.9 Å². The maximum Gasteiger partial charge on any atom is 0.161 e. The fourth-order valence-electron chi connectivity index (χ4n) is 4.46. The average molecular weight is 320 g/mol. The van der Waals surface area contributed by atoms with Gasteiger partial charge < -0.3 is 19.5 Å². The van der Waals surface area contributed by atoms with E-state index in [0.717, 1.165) is 43.9 Å². The van der Waals surface area contributed by atoms with Crippen LogP contribution in [0.15, 0.2) is 12.1 Å². The second kappa shape index (κ2) is 6.70. The number of rotatable bonds is 4. The van der Waals surface area contributed by atoms with E-state index in [9.17, 15) is 5.11 Å². The Bertz CT molecular complexity index is 558. The highest BCUT2D eigenvalue weighted by atomic mass is 16.5. The molecule has 128 valence electrons. The highest BCUT2D eigenvalue weighted by molar-refractivity contribution is 5.48. The minimum absolute atomic E-state index is 0.190. The normalized spacial score (nSPS) is 29.8. The van der Waals surface area contributed by atoms with Gasteiger partial charge >= 0.3 is 0 Å². The molecule has 2 heterocycles. The predicted molar refractivity (Wildman–Crippen MR) is 90.3 cm³/mol. The summed E-state index contributed by atoms with van der Waals surface area (Å²) < 4.78 is 10.9. The van der Waals surface area contributed by atoms with Gasteiger partial charge in [-0.1, -0.05) is 13.8 Å². The maximum atomic E-state index is 10.6. The number of aliphatic hydroxyl groups excluding tert-OH is 1. The van der Waals surface area contributed by atoms with Crippen LogP contribution in [0.2, 0.25) is 0 Å². The topological polar surface area (TPSA) is 43.1 Å². The Morgan fingerprint density at radius 1 is 1.22 bits per heavy atom. The van der Waals surface area contributed by atoms with Gasteiger partial charge in [-0.25, -0.2) is 0 Å². The third-order valence-electron chi connectivity index (χ3n) is 5.55. The summed E-state index contributed by atoms with van der Waals surface area (Å²) in [5, 5.41) is 10.6. The molecule has 4 nitrogen and oxygen atoms in total. The van der Waals surface area contributed by atoms with Gasteiger partial charge in [0, 0.05) is 24.3 Å². The molecule has 4 heteroatoms. The number of quaternary nitrogens is 1.